The molecule has 0 fully saturated rings. The fourth-order valence-electron chi connectivity index (χ4n) is 3.16. The van der Waals surface area contributed by atoms with Crippen LogP contribution >= 0.6 is 0 Å². The normalized spacial score (nSPS) is 17.2. The zero-order valence-electron chi connectivity index (χ0n) is 16.5. The number of sulfonamides is 1. The fraction of sp³-hybridized carbons (Fsp3) is 0.333. The van der Waals surface area contributed by atoms with Crippen LogP contribution in [0.2, 0.25) is 0 Å². The number of hydrogen-bond acceptors (Lipinski definition) is 4. The molecule has 2 aromatic carbocycles. The van der Waals surface area contributed by atoms with E-state index in [1.807, 2.05) is 12.1 Å². The lowest BCUT2D eigenvalue weighted by atomic mass is 10.0. The number of nitrogens with zero attached hydrogens (tertiary/aromatic N) is 2. The molecule has 0 aliphatic carbocycles. The van der Waals surface area contributed by atoms with Gasteiger partial charge in [-0.2, -0.15) is 0 Å². The average molecular weight is 400 g/mol. The number of amides is 1. The Morgan fingerprint density at radius 3 is 2.36 bits per heavy atom. The third-order valence-corrected chi connectivity index (χ3v) is 6.18. The lowest BCUT2D eigenvalue weighted by Crippen LogP contribution is -2.35. The Hall–Kier alpha value is -2.67. The van der Waals surface area contributed by atoms with Crippen LogP contribution in [0.3, 0.4) is 0 Å². The third kappa shape index (κ3) is 4.09. The maximum absolute atomic E-state index is 12.7. The molecule has 0 aromatic heterocycles. The summed E-state index contributed by atoms with van der Waals surface area (Å²) in [6.45, 7) is 6.42. The minimum atomic E-state index is -3.61. The Morgan fingerprint density at radius 2 is 1.71 bits per heavy atom. The number of rotatable bonds is 5. The monoisotopic (exact) mass is 399 g/mol. The number of aliphatic imine (C=N–C) groups is 1. The summed E-state index contributed by atoms with van der Waals surface area (Å²) in [7, 11) is -1.89. The highest BCUT2D eigenvalue weighted by Gasteiger charge is 2.31. The first-order valence-corrected chi connectivity index (χ1v) is 10.7. The van der Waals surface area contributed by atoms with Crippen LogP contribution in [0.1, 0.15) is 43.4 Å². The summed E-state index contributed by atoms with van der Waals surface area (Å²) < 4.78 is 26.8. The Balaban J connectivity index is 1.73. The number of amidine groups is 1. The SMILES string of the molecule is CC(N=C1NS(=O)(=O)c2ccccc21)C(=O)N(C)Cc1ccc(C(C)C)cc1. The largest absolute Gasteiger partial charge is 0.340 e. The number of nitrogens with one attached hydrogen (secondary N) is 1. The van der Waals surface area contributed by atoms with Crippen molar-refractivity contribution in [1.82, 2.24) is 9.62 Å². The van der Waals surface area contributed by atoms with Gasteiger partial charge in [-0.25, -0.2) is 8.42 Å². The summed E-state index contributed by atoms with van der Waals surface area (Å²) in [5.74, 6) is 0.498. The zero-order chi connectivity index (χ0) is 20.5. The van der Waals surface area contributed by atoms with Crippen molar-refractivity contribution < 1.29 is 13.2 Å². The molecule has 7 heteroatoms. The zero-order valence-corrected chi connectivity index (χ0v) is 17.3. The predicted octanol–water partition coefficient (Wildman–Crippen LogP) is 2.90. The smallest absolute Gasteiger partial charge is 0.263 e. The van der Waals surface area contributed by atoms with Crippen LogP contribution in [0.25, 0.3) is 0 Å². The van der Waals surface area contributed by atoms with Gasteiger partial charge in [0.1, 0.15) is 11.9 Å². The summed E-state index contributed by atoms with van der Waals surface area (Å²) >= 11 is 0. The van der Waals surface area contributed by atoms with Crippen LogP contribution in [-0.2, 0) is 21.4 Å². The second-order valence-corrected chi connectivity index (χ2v) is 9.00. The van der Waals surface area contributed by atoms with Crippen LogP contribution in [0.5, 0.6) is 0 Å². The summed E-state index contributed by atoms with van der Waals surface area (Å²) in [5.41, 5.74) is 2.78. The summed E-state index contributed by atoms with van der Waals surface area (Å²) in [6.07, 6.45) is 0. The molecule has 28 heavy (non-hydrogen) atoms. The van der Waals surface area contributed by atoms with Crippen molar-refractivity contribution in [2.75, 3.05) is 7.05 Å². The van der Waals surface area contributed by atoms with Gasteiger partial charge in [0.25, 0.3) is 10.0 Å². The molecule has 6 nitrogen and oxygen atoms in total. The fourth-order valence-corrected chi connectivity index (χ4v) is 4.40. The van der Waals surface area contributed by atoms with Crippen molar-refractivity contribution in [2.24, 2.45) is 4.99 Å². The van der Waals surface area contributed by atoms with Crippen LogP contribution in [0.4, 0.5) is 0 Å². The minimum absolute atomic E-state index is 0.177. The summed E-state index contributed by atoms with van der Waals surface area (Å²) in [4.78, 5) is 18.9. The van der Waals surface area contributed by atoms with Gasteiger partial charge in [0.05, 0.1) is 4.90 Å². The molecule has 1 aliphatic rings. The highest BCUT2D eigenvalue weighted by Crippen LogP contribution is 2.23. The van der Waals surface area contributed by atoms with Crippen molar-refractivity contribution in [3.05, 3.63) is 65.2 Å². The number of carbonyl (C=O) groups excluding carboxylic acids is 1. The maximum Gasteiger partial charge on any atom is 0.263 e. The van der Waals surface area contributed by atoms with E-state index in [1.54, 1.807) is 37.1 Å². The second-order valence-electron chi connectivity index (χ2n) is 7.35. The van der Waals surface area contributed by atoms with Gasteiger partial charge in [0, 0.05) is 19.2 Å². The minimum Gasteiger partial charge on any atom is -0.340 e. The lowest BCUT2D eigenvalue weighted by Gasteiger charge is -2.20. The molecule has 1 atom stereocenters. The Labute approximate surface area is 166 Å². The number of benzene rings is 2. The van der Waals surface area contributed by atoms with Crippen LogP contribution in [-0.4, -0.2) is 38.2 Å². The first kappa shape index (κ1) is 20.1. The molecule has 0 spiro atoms. The molecule has 1 unspecified atom stereocenters. The predicted molar refractivity (Wildman–Crippen MR) is 110 cm³/mol. The average Bonchev–Trinajstić information content (AvgIpc) is 2.92. The standard InChI is InChI=1S/C21H25N3O3S/c1-14(2)17-11-9-16(10-12-17)13-24(4)21(25)15(3)22-20-18-7-5-6-8-19(18)28(26,27)23-20/h5-12,14-15H,13H2,1-4H3,(H,22,23). The van der Waals surface area contributed by atoms with E-state index in [4.69, 9.17) is 0 Å². The number of likely N-dealkylation sites (N-methyl/N-ethyl adjacent to an activating group) is 1. The molecule has 1 aliphatic heterocycles. The molecule has 1 N–H and O–H groups in total. The van der Waals surface area contributed by atoms with Crippen LogP contribution < -0.4 is 4.72 Å². The topological polar surface area (TPSA) is 78.8 Å². The quantitative estimate of drug-likeness (QED) is 0.840. The van der Waals surface area contributed by atoms with E-state index in [1.165, 1.54) is 11.6 Å². The van der Waals surface area contributed by atoms with Gasteiger partial charge in [-0.3, -0.25) is 14.5 Å². The molecule has 2 aromatic rings. The molecule has 0 saturated carbocycles. The first-order chi connectivity index (χ1) is 13.2. The van der Waals surface area contributed by atoms with Gasteiger partial charge in [-0.1, -0.05) is 50.2 Å². The van der Waals surface area contributed by atoms with Crippen molar-refractivity contribution in [3.63, 3.8) is 0 Å². The van der Waals surface area contributed by atoms with Crippen molar-refractivity contribution >= 4 is 21.8 Å². The van der Waals surface area contributed by atoms with Gasteiger partial charge >= 0.3 is 0 Å². The molecular weight excluding hydrogens is 374 g/mol. The lowest BCUT2D eigenvalue weighted by molar-refractivity contribution is -0.131. The van der Waals surface area contributed by atoms with E-state index in [-0.39, 0.29) is 16.6 Å². The molecule has 3 rings (SSSR count). The Bertz CT molecular complexity index is 1010. The molecule has 0 bridgehead atoms. The van der Waals surface area contributed by atoms with Gasteiger partial charge in [-0.15, -0.1) is 0 Å². The molecular formula is C21H25N3O3S. The van der Waals surface area contributed by atoms with Gasteiger partial charge in [-0.05, 0) is 36.1 Å². The molecule has 1 amide bonds. The number of hydrogen-bond donors (Lipinski definition) is 1. The molecule has 0 radical (unpaired) electrons. The van der Waals surface area contributed by atoms with E-state index < -0.39 is 16.1 Å². The molecule has 148 valence electrons. The van der Waals surface area contributed by atoms with E-state index in [0.717, 1.165) is 5.56 Å². The van der Waals surface area contributed by atoms with E-state index >= 15 is 0 Å². The highest BCUT2D eigenvalue weighted by molar-refractivity contribution is 7.90. The van der Waals surface area contributed by atoms with Crippen molar-refractivity contribution in [3.8, 4) is 0 Å². The highest BCUT2D eigenvalue weighted by atomic mass is 32.2. The van der Waals surface area contributed by atoms with E-state index in [9.17, 15) is 13.2 Å². The van der Waals surface area contributed by atoms with Crippen LogP contribution in [0, 0.1) is 0 Å². The number of fused-ring (bicyclic) bond motifs is 1. The van der Waals surface area contributed by atoms with Gasteiger partial charge in [0.15, 0.2) is 0 Å². The van der Waals surface area contributed by atoms with Gasteiger partial charge < -0.3 is 4.90 Å². The summed E-state index contributed by atoms with van der Waals surface area (Å²) in [5, 5.41) is 0. The molecule has 0 saturated heterocycles. The summed E-state index contributed by atoms with van der Waals surface area (Å²) in [6, 6.07) is 14.1. The number of carbonyl (C=O) groups is 1. The third-order valence-electron chi connectivity index (χ3n) is 4.79. The second kappa shape index (κ2) is 7.75. The molecule has 1 heterocycles. The van der Waals surface area contributed by atoms with Crippen molar-refractivity contribution in [1.29, 1.82) is 0 Å². The van der Waals surface area contributed by atoms with E-state index in [2.05, 4.69) is 35.7 Å². The van der Waals surface area contributed by atoms with E-state index in [0.29, 0.717) is 18.0 Å². The first-order valence-electron chi connectivity index (χ1n) is 9.23. The van der Waals surface area contributed by atoms with Gasteiger partial charge in [0.2, 0.25) is 5.91 Å². The Morgan fingerprint density at radius 1 is 1.07 bits per heavy atom. The maximum atomic E-state index is 12.7. The Kier molecular flexibility index (Phi) is 5.56. The van der Waals surface area contributed by atoms with Crippen molar-refractivity contribution in [2.45, 2.75) is 44.2 Å². The van der Waals surface area contributed by atoms with Crippen LogP contribution in [0.15, 0.2) is 58.4 Å².